The lowest BCUT2D eigenvalue weighted by atomic mass is 9.95. The summed E-state index contributed by atoms with van der Waals surface area (Å²) in [5, 5.41) is 4.08. The predicted molar refractivity (Wildman–Crippen MR) is 123 cm³/mol. The largest absolute Gasteiger partial charge is 0.484 e. The lowest BCUT2D eigenvalue weighted by Gasteiger charge is -2.31. The quantitative estimate of drug-likeness (QED) is 0.583. The number of para-hydroxylation sites is 1. The van der Waals surface area contributed by atoms with Crippen LogP contribution in [0, 0.1) is 0 Å². The fourth-order valence-corrected chi connectivity index (χ4v) is 4.20. The third kappa shape index (κ3) is 6.88. The minimum Gasteiger partial charge on any atom is -0.484 e. The average molecular weight is 463 g/mol. The van der Waals surface area contributed by atoms with Crippen molar-refractivity contribution in [3.63, 3.8) is 0 Å². The molecular formula is C24H28Cl2N2O3. The standard InChI is InChI=1S/C24H28Cl2N2O3/c1-17(24(30)27-20-8-4-2-5-9-20)28(15-18-12-13-19(25)14-22(18)26)23(29)16-31-21-10-6-3-7-11-21/h3,6-7,10-14,17,20H,2,4-5,8-9,15-16H2,1H3,(H,27,30)/t17-/m0/s1. The number of halogens is 2. The summed E-state index contributed by atoms with van der Waals surface area (Å²) >= 11 is 12.3. The third-order valence-corrected chi connectivity index (χ3v) is 6.17. The Balaban J connectivity index is 1.73. The molecule has 7 heteroatoms. The van der Waals surface area contributed by atoms with Crippen molar-refractivity contribution >= 4 is 35.0 Å². The second-order valence-electron chi connectivity index (χ2n) is 7.88. The van der Waals surface area contributed by atoms with E-state index in [0.717, 1.165) is 31.2 Å². The molecule has 0 saturated heterocycles. The maximum atomic E-state index is 13.1. The lowest BCUT2D eigenvalue weighted by molar-refractivity contribution is -0.142. The zero-order valence-electron chi connectivity index (χ0n) is 17.7. The molecular weight excluding hydrogens is 435 g/mol. The van der Waals surface area contributed by atoms with Gasteiger partial charge in [0.25, 0.3) is 5.91 Å². The van der Waals surface area contributed by atoms with Crippen LogP contribution in [0.15, 0.2) is 48.5 Å². The van der Waals surface area contributed by atoms with Crippen molar-refractivity contribution < 1.29 is 14.3 Å². The fourth-order valence-electron chi connectivity index (χ4n) is 3.73. The number of ether oxygens (including phenoxy) is 1. The first-order chi connectivity index (χ1) is 14.9. The molecule has 0 aromatic heterocycles. The average Bonchev–Trinajstić information content (AvgIpc) is 2.78. The number of carbonyl (C=O) groups is 2. The van der Waals surface area contributed by atoms with Gasteiger partial charge in [0.15, 0.2) is 6.61 Å². The number of nitrogens with zero attached hydrogens (tertiary/aromatic N) is 1. The van der Waals surface area contributed by atoms with Crippen LogP contribution in [0.3, 0.4) is 0 Å². The SMILES string of the molecule is C[C@@H](C(=O)NC1CCCCC1)N(Cc1ccc(Cl)cc1Cl)C(=O)COc1ccccc1. The maximum absolute atomic E-state index is 13.1. The monoisotopic (exact) mass is 462 g/mol. The molecule has 0 heterocycles. The van der Waals surface area contributed by atoms with Gasteiger partial charge in [-0.05, 0) is 49.6 Å². The van der Waals surface area contributed by atoms with Crippen molar-refractivity contribution in [2.75, 3.05) is 6.61 Å². The molecule has 1 aliphatic carbocycles. The number of hydrogen-bond donors (Lipinski definition) is 1. The van der Waals surface area contributed by atoms with Crippen LogP contribution in [0.4, 0.5) is 0 Å². The molecule has 1 atom stereocenters. The lowest BCUT2D eigenvalue weighted by Crippen LogP contribution is -2.51. The molecule has 0 aliphatic heterocycles. The Labute approximate surface area is 193 Å². The molecule has 2 aromatic carbocycles. The Hall–Kier alpha value is -2.24. The summed E-state index contributed by atoms with van der Waals surface area (Å²) in [6.07, 6.45) is 5.40. The topological polar surface area (TPSA) is 58.6 Å². The van der Waals surface area contributed by atoms with E-state index in [0.29, 0.717) is 15.8 Å². The van der Waals surface area contributed by atoms with Gasteiger partial charge in [-0.2, -0.15) is 0 Å². The van der Waals surface area contributed by atoms with E-state index in [9.17, 15) is 9.59 Å². The molecule has 5 nitrogen and oxygen atoms in total. The van der Waals surface area contributed by atoms with Crippen molar-refractivity contribution in [2.24, 2.45) is 0 Å². The van der Waals surface area contributed by atoms with Crippen LogP contribution in [-0.4, -0.2) is 35.4 Å². The van der Waals surface area contributed by atoms with E-state index < -0.39 is 6.04 Å². The molecule has 1 N–H and O–H groups in total. The molecule has 2 amide bonds. The second kappa shape index (κ2) is 11.4. The Morgan fingerprint density at radius 2 is 1.81 bits per heavy atom. The first-order valence-electron chi connectivity index (χ1n) is 10.7. The molecule has 3 rings (SSSR count). The van der Waals surface area contributed by atoms with Gasteiger partial charge >= 0.3 is 0 Å². The summed E-state index contributed by atoms with van der Waals surface area (Å²) in [5.74, 6) is 0.144. The van der Waals surface area contributed by atoms with E-state index >= 15 is 0 Å². The predicted octanol–water partition coefficient (Wildman–Crippen LogP) is 5.24. The number of nitrogens with one attached hydrogen (secondary N) is 1. The van der Waals surface area contributed by atoms with E-state index in [1.165, 1.54) is 11.3 Å². The van der Waals surface area contributed by atoms with Crippen LogP contribution in [-0.2, 0) is 16.1 Å². The second-order valence-corrected chi connectivity index (χ2v) is 8.72. The Morgan fingerprint density at radius 3 is 2.48 bits per heavy atom. The summed E-state index contributed by atoms with van der Waals surface area (Å²) in [4.78, 5) is 27.6. The van der Waals surface area contributed by atoms with Crippen LogP contribution < -0.4 is 10.1 Å². The summed E-state index contributed by atoms with van der Waals surface area (Å²) in [7, 11) is 0. The summed E-state index contributed by atoms with van der Waals surface area (Å²) in [6, 6.07) is 13.8. The minimum atomic E-state index is -0.666. The van der Waals surface area contributed by atoms with Crippen LogP contribution in [0.2, 0.25) is 10.0 Å². The highest BCUT2D eigenvalue weighted by Crippen LogP contribution is 2.24. The van der Waals surface area contributed by atoms with E-state index in [2.05, 4.69) is 5.32 Å². The van der Waals surface area contributed by atoms with Crippen LogP contribution >= 0.6 is 23.2 Å². The number of hydrogen-bond acceptors (Lipinski definition) is 3. The molecule has 0 radical (unpaired) electrons. The first-order valence-corrected chi connectivity index (χ1v) is 11.4. The van der Waals surface area contributed by atoms with Gasteiger partial charge in [0.05, 0.1) is 0 Å². The Bertz CT molecular complexity index is 886. The zero-order valence-corrected chi connectivity index (χ0v) is 19.2. The molecule has 31 heavy (non-hydrogen) atoms. The molecule has 0 spiro atoms. The highest BCUT2D eigenvalue weighted by molar-refractivity contribution is 6.35. The molecule has 166 valence electrons. The van der Waals surface area contributed by atoms with E-state index in [1.807, 2.05) is 18.2 Å². The van der Waals surface area contributed by atoms with Gasteiger partial charge in [-0.25, -0.2) is 0 Å². The summed E-state index contributed by atoms with van der Waals surface area (Å²) < 4.78 is 5.64. The Kier molecular flexibility index (Phi) is 8.61. The minimum absolute atomic E-state index is 0.162. The van der Waals surface area contributed by atoms with E-state index in [-0.39, 0.29) is 31.0 Å². The summed E-state index contributed by atoms with van der Waals surface area (Å²) in [5.41, 5.74) is 0.719. The van der Waals surface area contributed by atoms with Gasteiger partial charge in [-0.1, -0.05) is 66.7 Å². The third-order valence-electron chi connectivity index (χ3n) is 5.58. The van der Waals surface area contributed by atoms with Gasteiger partial charge in [0, 0.05) is 22.6 Å². The van der Waals surface area contributed by atoms with Gasteiger partial charge in [0.1, 0.15) is 11.8 Å². The van der Waals surface area contributed by atoms with Crippen LogP contribution in [0.1, 0.15) is 44.6 Å². The van der Waals surface area contributed by atoms with Crippen molar-refractivity contribution in [3.8, 4) is 5.75 Å². The van der Waals surface area contributed by atoms with Gasteiger partial charge in [-0.3, -0.25) is 9.59 Å². The first kappa shape index (κ1) is 23.4. The normalized spacial score (nSPS) is 15.2. The number of benzene rings is 2. The van der Waals surface area contributed by atoms with Gasteiger partial charge in [-0.15, -0.1) is 0 Å². The highest BCUT2D eigenvalue weighted by Gasteiger charge is 2.29. The Morgan fingerprint density at radius 1 is 1.10 bits per heavy atom. The number of amides is 2. The molecule has 2 aromatic rings. The fraction of sp³-hybridized carbons (Fsp3) is 0.417. The number of rotatable bonds is 8. The van der Waals surface area contributed by atoms with Crippen molar-refractivity contribution in [3.05, 3.63) is 64.1 Å². The van der Waals surface area contributed by atoms with E-state index in [1.54, 1.807) is 37.3 Å². The van der Waals surface area contributed by atoms with Gasteiger partial charge < -0.3 is 15.0 Å². The number of carbonyl (C=O) groups excluding carboxylic acids is 2. The zero-order chi connectivity index (χ0) is 22.2. The van der Waals surface area contributed by atoms with E-state index in [4.69, 9.17) is 27.9 Å². The molecule has 1 fully saturated rings. The summed E-state index contributed by atoms with van der Waals surface area (Å²) in [6.45, 7) is 1.75. The molecule has 1 aliphatic rings. The van der Waals surface area contributed by atoms with Gasteiger partial charge in [0.2, 0.25) is 5.91 Å². The smallest absolute Gasteiger partial charge is 0.261 e. The molecule has 0 unspecified atom stereocenters. The highest BCUT2D eigenvalue weighted by atomic mass is 35.5. The van der Waals surface area contributed by atoms with Crippen molar-refractivity contribution in [1.82, 2.24) is 10.2 Å². The molecule has 1 saturated carbocycles. The van der Waals surface area contributed by atoms with Crippen molar-refractivity contribution in [2.45, 2.75) is 57.7 Å². The van der Waals surface area contributed by atoms with Crippen molar-refractivity contribution in [1.29, 1.82) is 0 Å². The van der Waals surface area contributed by atoms with Crippen LogP contribution in [0.5, 0.6) is 5.75 Å². The molecule has 0 bridgehead atoms. The van der Waals surface area contributed by atoms with Crippen LogP contribution in [0.25, 0.3) is 0 Å². The maximum Gasteiger partial charge on any atom is 0.261 e.